The number of nitrogens with one attached hydrogen (secondary N) is 1. The first-order valence-electron chi connectivity index (χ1n) is 6.30. The standard InChI is InChI=1S/C14H23N3O2.HI/c1-14(2,18)10-17-13(15)16-9-8-11-4-6-12(19-3)7-5-11;/h4-7,18H,8-10H2,1-3H3,(H3,15,16,17);1H. The fourth-order valence-electron chi connectivity index (χ4n) is 1.46. The first-order chi connectivity index (χ1) is 8.90. The number of methoxy groups -OCH3 is 1. The SMILES string of the molecule is COc1ccc(CCNC(N)=NCC(C)(C)O)cc1.I. The van der Waals surface area contributed by atoms with Gasteiger partial charge in [0.25, 0.3) is 0 Å². The Labute approximate surface area is 137 Å². The van der Waals surface area contributed by atoms with Crippen molar-refractivity contribution >= 4 is 29.9 Å². The fraction of sp³-hybridized carbons (Fsp3) is 0.500. The van der Waals surface area contributed by atoms with E-state index in [1.165, 1.54) is 5.56 Å². The lowest BCUT2D eigenvalue weighted by molar-refractivity contribution is 0.0903. The molecule has 0 radical (unpaired) electrons. The van der Waals surface area contributed by atoms with E-state index in [0.717, 1.165) is 12.2 Å². The summed E-state index contributed by atoms with van der Waals surface area (Å²) in [6, 6.07) is 7.90. The lowest BCUT2D eigenvalue weighted by atomic mass is 10.1. The summed E-state index contributed by atoms with van der Waals surface area (Å²) < 4.78 is 5.10. The molecule has 0 aliphatic rings. The van der Waals surface area contributed by atoms with Gasteiger partial charge in [0.1, 0.15) is 5.75 Å². The number of ether oxygens (including phenoxy) is 1. The molecule has 0 saturated heterocycles. The molecule has 0 aliphatic carbocycles. The Morgan fingerprint density at radius 1 is 1.35 bits per heavy atom. The lowest BCUT2D eigenvalue weighted by Gasteiger charge is -2.14. The van der Waals surface area contributed by atoms with Gasteiger partial charge in [0.15, 0.2) is 5.96 Å². The zero-order chi connectivity index (χ0) is 14.3. The van der Waals surface area contributed by atoms with Crippen LogP contribution >= 0.6 is 24.0 Å². The molecular formula is C14H24IN3O2. The third-order valence-electron chi connectivity index (χ3n) is 2.52. The second-order valence-corrected chi connectivity index (χ2v) is 5.04. The molecule has 0 unspecified atom stereocenters. The van der Waals surface area contributed by atoms with E-state index >= 15 is 0 Å². The van der Waals surface area contributed by atoms with E-state index in [1.54, 1.807) is 21.0 Å². The zero-order valence-electron chi connectivity index (χ0n) is 12.2. The largest absolute Gasteiger partial charge is 0.497 e. The summed E-state index contributed by atoms with van der Waals surface area (Å²) in [5.74, 6) is 1.21. The average molecular weight is 393 g/mol. The van der Waals surface area contributed by atoms with E-state index in [4.69, 9.17) is 10.5 Å². The molecule has 6 heteroatoms. The van der Waals surface area contributed by atoms with E-state index in [-0.39, 0.29) is 30.5 Å². The Kier molecular flexibility index (Phi) is 8.56. The normalized spacial score (nSPS) is 11.7. The maximum atomic E-state index is 9.52. The van der Waals surface area contributed by atoms with Crippen LogP contribution in [0.25, 0.3) is 0 Å². The second-order valence-electron chi connectivity index (χ2n) is 5.04. The Bertz CT molecular complexity index is 413. The summed E-state index contributed by atoms with van der Waals surface area (Å²) in [4.78, 5) is 4.07. The summed E-state index contributed by atoms with van der Waals surface area (Å²) in [5.41, 5.74) is 6.07. The van der Waals surface area contributed by atoms with Crippen molar-refractivity contribution in [2.45, 2.75) is 25.9 Å². The van der Waals surface area contributed by atoms with Gasteiger partial charge in [0.05, 0.1) is 19.3 Å². The fourth-order valence-corrected chi connectivity index (χ4v) is 1.46. The van der Waals surface area contributed by atoms with Crippen molar-refractivity contribution in [3.05, 3.63) is 29.8 Å². The quantitative estimate of drug-likeness (QED) is 0.389. The molecule has 0 heterocycles. The highest BCUT2D eigenvalue weighted by molar-refractivity contribution is 14.0. The van der Waals surface area contributed by atoms with Crippen LogP contribution in [0.5, 0.6) is 5.75 Å². The van der Waals surface area contributed by atoms with Crippen molar-refractivity contribution < 1.29 is 9.84 Å². The van der Waals surface area contributed by atoms with Gasteiger partial charge in [-0.3, -0.25) is 4.99 Å². The number of nitrogens with zero attached hydrogens (tertiary/aromatic N) is 1. The van der Waals surface area contributed by atoms with Gasteiger partial charge in [-0.1, -0.05) is 12.1 Å². The van der Waals surface area contributed by atoms with Gasteiger partial charge >= 0.3 is 0 Å². The molecular weight excluding hydrogens is 369 g/mol. The van der Waals surface area contributed by atoms with Gasteiger partial charge < -0.3 is 20.9 Å². The summed E-state index contributed by atoms with van der Waals surface area (Å²) >= 11 is 0. The van der Waals surface area contributed by atoms with Crippen LogP contribution in [-0.2, 0) is 6.42 Å². The van der Waals surface area contributed by atoms with Crippen molar-refractivity contribution in [1.29, 1.82) is 0 Å². The van der Waals surface area contributed by atoms with E-state index in [9.17, 15) is 5.11 Å². The maximum Gasteiger partial charge on any atom is 0.188 e. The monoisotopic (exact) mass is 393 g/mol. The Morgan fingerprint density at radius 3 is 2.45 bits per heavy atom. The van der Waals surface area contributed by atoms with E-state index < -0.39 is 5.60 Å². The Hall–Kier alpha value is -1.02. The maximum absolute atomic E-state index is 9.52. The van der Waals surface area contributed by atoms with Gasteiger partial charge in [-0.15, -0.1) is 24.0 Å². The van der Waals surface area contributed by atoms with E-state index in [0.29, 0.717) is 12.5 Å². The highest BCUT2D eigenvalue weighted by Crippen LogP contribution is 2.11. The molecule has 0 atom stereocenters. The van der Waals surface area contributed by atoms with Crippen LogP contribution in [0.2, 0.25) is 0 Å². The number of aliphatic hydroxyl groups is 1. The number of guanidine groups is 1. The van der Waals surface area contributed by atoms with Crippen LogP contribution in [0, 0.1) is 0 Å². The predicted molar refractivity (Wildman–Crippen MR) is 92.9 cm³/mol. The molecule has 0 amide bonds. The minimum Gasteiger partial charge on any atom is -0.497 e. The smallest absolute Gasteiger partial charge is 0.188 e. The predicted octanol–water partition coefficient (Wildman–Crippen LogP) is 1.53. The zero-order valence-corrected chi connectivity index (χ0v) is 14.5. The van der Waals surface area contributed by atoms with Crippen molar-refractivity contribution in [2.24, 2.45) is 10.7 Å². The highest BCUT2D eigenvalue weighted by atomic mass is 127. The lowest BCUT2D eigenvalue weighted by Crippen LogP contribution is -2.35. The van der Waals surface area contributed by atoms with Gasteiger partial charge in [0.2, 0.25) is 0 Å². The van der Waals surface area contributed by atoms with Crippen LogP contribution in [-0.4, -0.2) is 36.9 Å². The van der Waals surface area contributed by atoms with Gasteiger partial charge in [-0.2, -0.15) is 0 Å². The van der Waals surface area contributed by atoms with Crippen LogP contribution in [0.15, 0.2) is 29.3 Å². The molecule has 1 aromatic rings. The van der Waals surface area contributed by atoms with Gasteiger partial charge in [-0.05, 0) is 38.0 Å². The highest BCUT2D eigenvalue weighted by Gasteiger charge is 2.10. The van der Waals surface area contributed by atoms with Crippen molar-refractivity contribution in [3.63, 3.8) is 0 Å². The third-order valence-corrected chi connectivity index (χ3v) is 2.52. The van der Waals surface area contributed by atoms with Crippen LogP contribution in [0.4, 0.5) is 0 Å². The number of aliphatic imine (C=N–C) groups is 1. The number of benzene rings is 1. The molecule has 5 nitrogen and oxygen atoms in total. The molecule has 0 aromatic heterocycles. The molecule has 0 saturated carbocycles. The number of rotatable bonds is 6. The summed E-state index contributed by atoms with van der Waals surface area (Å²) in [6.45, 7) is 4.38. The number of hydrogen-bond acceptors (Lipinski definition) is 3. The van der Waals surface area contributed by atoms with Crippen molar-refractivity contribution in [2.75, 3.05) is 20.2 Å². The number of hydrogen-bond donors (Lipinski definition) is 3. The van der Waals surface area contributed by atoms with Gasteiger partial charge in [-0.25, -0.2) is 0 Å². The molecule has 114 valence electrons. The first-order valence-corrected chi connectivity index (χ1v) is 6.30. The minimum absolute atomic E-state index is 0. The van der Waals surface area contributed by atoms with Crippen LogP contribution < -0.4 is 15.8 Å². The Balaban J connectivity index is 0.00000361. The number of halogens is 1. The Morgan fingerprint density at radius 2 is 1.95 bits per heavy atom. The first kappa shape index (κ1) is 19.0. The second kappa shape index (κ2) is 9.02. The molecule has 0 fully saturated rings. The third kappa shape index (κ3) is 8.21. The average Bonchev–Trinajstić information content (AvgIpc) is 2.36. The molecule has 20 heavy (non-hydrogen) atoms. The number of nitrogens with two attached hydrogens (primary N) is 1. The molecule has 0 bridgehead atoms. The van der Waals surface area contributed by atoms with Crippen molar-refractivity contribution in [3.8, 4) is 5.75 Å². The molecule has 4 N–H and O–H groups in total. The summed E-state index contributed by atoms with van der Waals surface area (Å²) in [7, 11) is 1.65. The van der Waals surface area contributed by atoms with E-state index in [2.05, 4.69) is 10.3 Å². The molecule has 1 aromatic carbocycles. The molecule has 0 spiro atoms. The molecule has 1 rings (SSSR count). The van der Waals surface area contributed by atoms with Gasteiger partial charge in [0, 0.05) is 6.54 Å². The van der Waals surface area contributed by atoms with Crippen LogP contribution in [0.1, 0.15) is 19.4 Å². The molecule has 0 aliphatic heterocycles. The van der Waals surface area contributed by atoms with E-state index in [1.807, 2.05) is 24.3 Å². The summed E-state index contributed by atoms with van der Waals surface area (Å²) in [6.07, 6.45) is 0.850. The topological polar surface area (TPSA) is 79.9 Å². The van der Waals surface area contributed by atoms with Crippen LogP contribution in [0.3, 0.4) is 0 Å². The summed E-state index contributed by atoms with van der Waals surface area (Å²) in [5, 5.41) is 12.5. The minimum atomic E-state index is -0.831. The van der Waals surface area contributed by atoms with Crippen molar-refractivity contribution in [1.82, 2.24) is 5.32 Å².